The van der Waals surface area contributed by atoms with Crippen molar-refractivity contribution in [1.29, 1.82) is 0 Å². The van der Waals surface area contributed by atoms with E-state index < -0.39 is 0 Å². The smallest absolute Gasteiger partial charge is 0.0558 e. The van der Waals surface area contributed by atoms with Crippen molar-refractivity contribution in [3.63, 3.8) is 0 Å². The predicted octanol–water partition coefficient (Wildman–Crippen LogP) is 1.39. The summed E-state index contributed by atoms with van der Waals surface area (Å²) in [6.07, 6.45) is 8.74. The van der Waals surface area contributed by atoms with Gasteiger partial charge in [0.1, 0.15) is 0 Å². The predicted molar refractivity (Wildman–Crippen MR) is 64.3 cm³/mol. The van der Waals surface area contributed by atoms with Crippen molar-refractivity contribution >= 4 is 0 Å². The molecule has 2 saturated carbocycles. The maximum Gasteiger partial charge on any atom is 0.0558 e. The fraction of sp³-hybridized carbons (Fsp3) is 1.00. The average Bonchev–Trinajstić information content (AvgIpc) is 3.14. The molecule has 0 radical (unpaired) electrons. The van der Waals surface area contributed by atoms with Crippen LogP contribution in [0.5, 0.6) is 0 Å². The molecule has 2 aliphatic carbocycles. The number of hydrogen-bond acceptors (Lipinski definition) is 3. The van der Waals surface area contributed by atoms with Crippen LogP contribution in [0.15, 0.2) is 0 Å². The van der Waals surface area contributed by atoms with Crippen LogP contribution < -0.4 is 0 Å². The monoisotopic (exact) mass is 227 g/mol. The Morgan fingerprint density at radius 1 is 1.06 bits per heavy atom. The van der Waals surface area contributed by atoms with E-state index in [-0.39, 0.29) is 12.0 Å². The summed E-state index contributed by atoms with van der Waals surface area (Å²) in [5.74, 6) is 0. The van der Waals surface area contributed by atoms with E-state index in [4.69, 9.17) is 5.11 Å². The summed E-state index contributed by atoms with van der Waals surface area (Å²) in [4.78, 5) is 2.40. The third-order valence-corrected chi connectivity index (χ3v) is 4.24. The van der Waals surface area contributed by atoms with Gasteiger partial charge >= 0.3 is 0 Å². The maximum atomic E-state index is 9.67. The minimum absolute atomic E-state index is 0.135. The zero-order valence-electron chi connectivity index (χ0n) is 10.2. The molecule has 0 heterocycles. The lowest BCUT2D eigenvalue weighted by Gasteiger charge is -2.40. The molecule has 0 saturated heterocycles. The molecule has 2 fully saturated rings. The lowest BCUT2D eigenvalue weighted by Crippen LogP contribution is -2.43. The first-order valence-corrected chi connectivity index (χ1v) is 6.75. The van der Waals surface area contributed by atoms with Crippen molar-refractivity contribution in [2.45, 2.75) is 51.0 Å². The number of aliphatic hydroxyl groups excluding tert-OH is 2. The lowest BCUT2D eigenvalue weighted by atomic mass is 9.74. The van der Waals surface area contributed by atoms with Crippen molar-refractivity contribution in [3.8, 4) is 0 Å². The summed E-state index contributed by atoms with van der Waals surface area (Å²) >= 11 is 0. The van der Waals surface area contributed by atoms with E-state index in [1.54, 1.807) is 0 Å². The van der Waals surface area contributed by atoms with E-state index in [1.165, 1.54) is 32.1 Å². The van der Waals surface area contributed by atoms with Gasteiger partial charge in [0.2, 0.25) is 0 Å². The van der Waals surface area contributed by atoms with Gasteiger partial charge in [0, 0.05) is 31.2 Å². The molecule has 0 amide bonds. The van der Waals surface area contributed by atoms with Gasteiger partial charge in [0.05, 0.1) is 6.61 Å². The Hall–Kier alpha value is -0.120. The molecular weight excluding hydrogens is 202 g/mol. The highest BCUT2D eigenvalue weighted by atomic mass is 16.3. The summed E-state index contributed by atoms with van der Waals surface area (Å²) in [7, 11) is 0. The molecule has 0 aromatic rings. The number of hydrogen-bond donors (Lipinski definition) is 2. The molecule has 2 aliphatic rings. The molecule has 0 bridgehead atoms. The second kappa shape index (κ2) is 5.48. The molecule has 0 aliphatic heterocycles. The first-order chi connectivity index (χ1) is 7.79. The van der Waals surface area contributed by atoms with Crippen LogP contribution in [0.3, 0.4) is 0 Å². The first-order valence-electron chi connectivity index (χ1n) is 6.75. The van der Waals surface area contributed by atoms with Gasteiger partial charge < -0.3 is 10.2 Å². The van der Waals surface area contributed by atoms with Crippen molar-refractivity contribution < 1.29 is 10.2 Å². The van der Waals surface area contributed by atoms with Gasteiger partial charge in [-0.3, -0.25) is 4.90 Å². The molecule has 2 rings (SSSR count). The molecule has 3 heteroatoms. The van der Waals surface area contributed by atoms with Crippen LogP contribution in [0, 0.1) is 5.41 Å². The highest BCUT2D eigenvalue weighted by molar-refractivity contribution is 4.91. The Bertz CT molecular complexity index is 210. The van der Waals surface area contributed by atoms with Gasteiger partial charge in [-0.1, -0.05) is 19.3 Å². The topological polar surface area (TPSA) is 43.7 Å². The van der Waals surface area contributed by atoms with E-state index in [0.29, 0.717) is 12.6 Å². The fourth-order valence-corrected chi connectivity index (χ4v) is 3.06. The second-order valence-corrected chi connectivity index (χ2v) is 5.64. The van der Waals surface area contributed by atoms with Crippen LogP contribution in [-0.4, -0.2) is 47.5 Å². The second-order valence-electron chi connectivity index (χ2n) is 5.64. The highest BCUT2D eigenvalue weighted by Crippen LogP contribution is 2.39. The van der Waals surface area contributed by atoms with Crippen molar-refractivity contribution in [1.82, 2.24) is 4.90 Å². The van der Waals surface area contributed by atoms with Crippen molar-refractivity contribution in [3.05, 3.63) is 0 Å². The van der Waals surface area contributed by atoms with Crippen LogP contribution >= 0.6 is 0 Å². The van der Waals surface area contributed by atoms with Gasteiger partial charge in [-0.15, -0.1) is 0 Å². The Morgan fingerprint density at radius 2 is 1.75 bits per heavy atom. The third-order valence-electron chi connectivity index (χ3n) is 4.24. The van der Waals surface area contributed by atoms with Gasteiger partial charge in [-0.2, -0.15) is 0 Å². The Labute approximate surface area is 98.5 Å². The van der Waals surface area contributed by atoms with E-state index in [1.807, 2.05) is 0 Å². The van der Waals surface area contributed by atoms with Crippen molar-refractivity contribution in [2.75, 3.05) is 26.3 Å². The lowest BCUT2D eigenvalue weighted by molar-refractivity contribution is 0.0319. The van der Waals surface area contributed by atoms with E-state index in [2.05, 4.69) is 4.90 Å². The van der Waals surface area contributed by atoms with Crippen LogP contribution in [0.25, 0.3) is 0 Å². The van der Waals surface area contributed by atoms with Crippen LogP contribution in [-0.2, 0) is 0 Å². The molecule has 0 aromatic heterocycles. The minimum Gasteiger partial charge on any atom is -0.396 e. The molecular formula is C13H25NO2. The number of rotatable bonds is 6. The van der Waals surface area contributed by atoms with Gasteiger partial charge in [0.15, 0.2) is 0 Å². The zero-order chi connectivity index (χ0) is 11.4. The Kier molecular flexibility index (Phi) is 4.22. The van der Waals surface area contributed by atoms with E-state index in [0.717, 1.165) is 25.9 Å². The Morgan fingerprint density at radius 3 is 2.25 bits per heavy atom. The molecule has 16 heavy (non-hydrogen) atoms. The molecule has 2 N–H and O–H groups in total. The normalized spacial score (nSPS) is 24.9. The summed E-state index contributed by atoms with van der Waals surface area (Å²) < 4.78 is 0. The Balaban J connectivity index is 1.91. The van der Waals surface area contributed by atoms with E-state index >= 15 is 0 Å². The molecule has 0 spiro atoms. The zero-order valence-corrected chi connectivity index (χ0v) is 10.2. The standard InChI is InChI=1S/C13H25NO2/c15-9-8-14(12-4-5-12)10-13(11-16)6-2-1-3-7-13/h12,15-16H,1-11H2. The summed E-state index contributed by atoms with van der Waals surface area (Å²) in [5, 5.41) is 18.8. The molecule has 3 nitrogen and oxygen atoms in total. The number of nitrogens with zero attached hydrogens (tertiary/aromatic N) is 1. The summed E-state index contributed by atoms with van der Waals surface area (Å²) in [6, 6.07) is 0.692. The first kappa shape index (κ1) is 12.3. The molecule has 94 valence electrons. The maximum absolute atomic E-state index is 9.67. The fourth-order valence-electron chi connectivity index (χ4n) is 3.06. The largest absolute Gasteiger partial charge is 0.396 e. The molecule has 0 atom stereocenters. The summed E-state index contributed by atoms with van der Waals surface area (Å²) in [5.41, 5.74) is 0.135. The SMILES string of the molecule is OCCN(CC1(CO)CCCCC1)C1CC1. The van der Waals surface area contributed by atoms with Crippen LogP contribution in [0.2, 0.25) is 0 Å². The summed E-state index contributed by atoms with van der Waals surface area (Å²) in [6.45, 7) is 2.35. The third kappa shape index (κ3) is 2.96. The highest BCUT2D eigenvalue weighted by Gasteiger charge is 2.37. The number of aliphatic hydroxyl groups is 2. The molecule has 0 aromatic carbocycles. The van der Waals surface area contributed by atoms with Crippen molar-refractivity contribution in [2.24, 2.45) is 5.41 Å². The van der Waals surface area contributed by atoms with Crippen LogP contribution in [0.4, 0.5) is 0 Å². The van der Waals surface area contributed by atoms with E-state index in [9.17, 15) is 5.11 Å². The minimum atomic E-state index is 0.135. The molecule has 0 unspecified atom stereocenters. The van der Waals surface area contributed by atoms with Gasteiger partial charge in [-0.05, 0) is 25.7 Å². The van der Waals surface area contributed by atoms with Crippen LogP contribution in [0.1, 0.15) is 44.9 Å². The van der Waals surface area contributed by atoms with Gasteiger partial charge in [0.25, 0.3) is 0 Å². The quantitative estimate of drug-likeness (QED) is 0.720. The average molecular weight is 227 g/mol. The van der Waals surface area contributed by atoms with Gasteiger partial charge in [-0.25, -0.2) is 0 Å².